The van der Waals surface area contributed by atoms with Gasteiger partial charge >= 0.3 is 0 Å². The zero-order chi connectivity index (χ0) is 14.9. The number of halogens is 1. The smallest absolute Gasteiger partial charge is 0.243 e. The molecule has 1 atom stereocenters. The van der Waals surface area contributed by atoms with Gasteiger partial charge in [-0.25, -0.2) is 8.42 Å². The van der Waals surface area contributed by atoms with Gasteiger partial charge in [-0.2, -0.15) is 4.31 Å². The van der Waals surface area contributed by atoms with Gasteiger partial charge in [-0.1, -0.05) is 18.5 Å². The van der Waals surface area contributed by atoms with Gasteiger partial charge in [-0.15, -0.1) is 0 Å². The zero-order valence-corrected chi connectivity index (χ0v) is 13.2. The number of benzene rings is 1. The SMILES string of the molecule is CCC1COCCN1S(=O)(=O)c1cc(C)c(Cl)c(N)c1. The number of nitrogen functional groups attached to an aromatic ring is 1. The summed E-state index contributed by atoms with van der Waals surface area (Å²) >= 11 is 5.99. The fraction of sp³-hybridized carbons (Fsp3) is 0.538. The maximum atomic E-state index is 12.7. The Balaban J connectivity index is 2.44. The topological polar surface area (TPSA) is 72.6 Å². The van der Waals surface area contributed by atoms with Crippen molar-refractivity contribution in [3.8, 4) is 0 Å². The highest BCUT2D eigenvalue weighted by molar-refractivity contribution is 7.89. The molecule has 7 heteroatoms. The molecule has 2 rings (SSSR count). The highest BCUT2D eigenvalue weighted by atomic mass is 35.5. The summed E-state index contributed by atoms with van der Waals surface area (Å²) < 4.78 is 32.3. The van der Waals surface area contributed by atoms with E-state index in [4.69, 9.17) is 22.1 Å². The molecule has 5 nitrogen and oxygen atoms in total. The molecule has 1 aliphatic heterocycles. The highest BCUT2D eigenvalue weighted by Crippen LogP contribution is 2.29. The molecule has 1 unspecified atom stereocenters. The average molecular weight is 319 g/mol. The van der Waals surface area contributed by atoms with Crippen LogP contribution in [-0.2, 0) is 14.8 Å². The van der Waals surface area contributed by atoms with Crippen LogP contribution in [0.3, 0.4) is 0 Å². The molecule has 1 saturated heterocycles. The van der Waals surface area contributed by atoms with Crippen molar-refractivity contribution >= 4 is 27.3 Å². The second-order valence-corrected chi connectivity index (χ2v) is 7.16. The monoisotopic (exact) mass is 318 g/mol. The number of hydrogen-bond acceptors (Lipinski definition) is 4. The lowest BCUT2D eigenvalue weighted by Crippen LogP contribution is -2.48. The molecule has 0 amide bonds. The Bertz CT molecular complexity index is 581. The molecule has 0 aliphatic carbocycles. The van der Waals surface area contributed by atoms with Gasteiger partial charge in [0, 0.05) is 12.6 Å². The molecule has 0 aromatic heterocycles. The summed E-state index contributed by atoms with van der Waals surface area (Å²) in [5.41, 5.74) is 6.72. The number of ether oxygens (including phenoxy) is 1. The van der Waals surface area contributed by atoms with Crippen LogP contribution < -0.4 is 5.73 Å². The van der Waals surface area contributed by atoms with Gasteiger partial charge in [0.25, 0.3) is 0 Å². The number of nitrogens with two attached hydrogens (primary N) is 1. The average Bonchev–Trinajstić information content (AvgIpc) is 2.44. The minimum Gasteiger partial charge on any atom is -0.397 e. The van der Waals surface area contributed by atoms with Crippen LogP contribution in [0.5, 0.6) is 0 Å². The first-order valence-corrected chi connectivity index (χ1v) is 8.35. The molecule has 20 heavy (non-hydrogen) atoms. The van der Waals surface area contributed by atoms with E-state index in [-0.39, 0.29) is 16.6 Å². The number of aryl methyl sites for hydroxylation is 1. The van der Waals surface area contributed by atoms with Crippen molar-refractivity contribution in [2.24, 2.45) is 0 Å². The molecule has 1 aliphatic rings. The summed E-state index contributed by atoms with van der Waals surface area (Å²) in [7, 11) is -3.57. The van der Waals surface area contributed by atoms with E-state index >= 15 is 0 Å². The first-order valence-electron chi connectivity index (χ1n) is 6.53. The predicted molar refractivity (Wildman–Crippen MR) is 79.4 cm³/mol. The standard InChI is InChI=1S/C13H19ClN2O3S/c1-3-10-8-19-5-4-16(10)20(17,18)11-6-9(2)13(14)12(15)7-11/h6-7,10H,3-5,8,15H2,1-2H3. The quantitative estimate of drug-likeness (QED) is 0.865. The van der Waals surface area contributed by atoms with Gasteiger partial charge in [0.1, 0.15) is 0 Å². The molecule has 112 valence electrons. The van der Waals surface area contributed by atoms with Crippen molar-refractivity contribution < 1.29 is 13.2 Å². The zero-order valence-electron chi connectivity index (χ0n) is 11.6. The van der Waals surface area contributed by atoms with Gasteiger partial charge in [0.05, 0.1) is 28.8 Å². The lowest BCUT2D eigenvalue weighted by molar-refractivity contribution is 0.0314. The predicted octanol–water partition coefficient (Wildman–Crippen LogP) is 2.03. The van der Waals surface area contributed by atoms with Crippen molar-refractivity contribution in [3.63, 3.8) is 0 Å². The minimum absolute atomic E-state index is 0.133. The van der Waals surface area contributed by atoms with Crippen molar-refractivity contribution in [1.29, 1.82) is 0 Å². The largest absolute Gasteiger partial charge is 0.397 e. The summed E-state index contributed by atoms with van der Waals surface area (Å²) in [6.45, 7) is 4.90. The van der Waals surface area contributed by atoms with Crippen LogP contribution in [0, 0.1) is 6.92 Å². The minimum atomic E-state index is -3.57. The fourth-order valence-electron chi connectivity index (χ4n) is 2.32. The molecule has 1 heterocycles. The molecule has 0 saturated carbocycles. The molecule has 2 N–H and O–H groups in total. The third-order valence-corrected chi connectivity index (χ3v) is 5.95. The first-order chi connectivity index (χ1) is 9.37. The lowest BCUT2D eigenvalue weighted by atomic mass is 10.2. The fourth-order valence-corrected chi connectivity index (χ4v) is 4.22. The summed E-state index contributed by atoms with van der Waals surface area (Å²) in [6.07, 6.45) is 0.710. The van der Waals surface area contributed by atoms with Crippen molar-refractivity contribution in [3.05, 3.63) is 22.7 Å². The van der Waals surface area contributed by atoms with Crippen molar-refractivity contribution in [1.82, 2.24) is 4.31 Å². The summed E-state index contributed by atoms with van der Waals surface area (Å²) in [4.78, 5) is 0.192. The van der Waals surface area contributed by atoms with E-state index in [0.29, 0.717) is 36.8 Å². The summed E-state index contributed by atoms with van der Waals surface area (Å²) in [5.74, 6) is 0. The number of rotatable bonds is 3. The maximum Gasteiger partial charge on any atom is 0.243 e. The molecule has 0 bridgehead atoms. The van der Waals surface area contributed by atoms with E-state index < -0.39 is 10.0 Å². The van der Waals surface area contributed by atoms with Gasteiger partial charge in [0.15, 0.2) is 0 Å². The molecular weight excluding hydrogens is 300 g/mol. The molecule has 0 radical (unpaired) electrons. The van der Waals surface area contributed by atoms with E-state index in [1.54, 1.807) is 13.0 Å². The van der Waals surface area contributed by atoms with Crippen LogP contribution in [0.2, 0.25) is 5.02 Å². The second-order valence-electron chi connectivity index (χ2n) is 4.90. The van der Waals surface area contributed by atoms with E-state index in [0.717, 1.165) is 0 Å². The van der Waals surface area contributed by atoms with Crippen LogP contribution in [0.15, 0.2) is 17.0 Å². The van der Waals surface area contributed by atoms with E-state index in [1.807, 2.05) is 6.92 Å². The molecule has 0 spiro atoms. The van der Waals surface area contributed by atoms with Crippen LogP contribution in [0.25, 0.3) is 0 Å². The number of hydrogen-bond donors (Lipinski definition) is 1. The Hall–Kier alpha value is -0.820. The Morgan fingerprint density at radius 3 is 2.80 bits per heavy atom. The first kappa shape index (κ1) is 15.6. The Labute approximate surface area is 124 Å². The lowest BCUT2D eigenvalue weighted by Gasteiger charge is -2.34. The van der Waals surface area contributed by atoms with Crippen molar-refractivity contribution in [2.45, 2.75) is 31.2 Å². The third-order valence-electron chi connectivity index (χ3n) is 3.51. The van der Waals surface area contributed by atoms with E-state index in [2.05, 4.69) is 0 Å². The maximum absolute atomic E-state index is 12.7. The number of anilines is 1. The molecular formula is C13H19ClN2O3S. The van der Waals surface area contributed by atoms with Crippen LogP contribution in [0.4, 0.5) is 5.69 Å². The number of sulfonamides is 1. The van der Waals surface area contributed by atoms with Gasteiger partial charge in [-0.05, 0) is 31.0 Å². The van der Waals surface area contributed by atoms with Crippen molar-refractivity contribution in [2.75, 3.05) is 25.5 Å². The Kier molecular flexibility index (Phi) is 4.59. The molecule has 1 aromatic carbocycles. The van der Waals surface area contributed by atoms with Crippen LogP contribution >= 0.6 is 11.6 Å². The van der Waals surface area contributed by atoms with Gasteiger partial charge < -0.3 is 10.5 Å². The van der Waals surface area contributed by atoms with Gasteiger partial charge in [-0.3, -0.25) is 0 Å². The van der Waals surface area contributed by atoms with E-state index in [1.165, 1.54) is 10.4 Å². The second kappa shape index (κ2) is 5.89. The van der Waals surface area contributed by atoms with Crippen LogP contribution in [0.1, 0.15) is 18.9 Å². The third kappa shape index (κ3) is 2.79. The van der Waals surface area contributed by atoms with E-state index in [9.17, 15) is 8.42 Å². The van der Waals surface area contributed by atoms with Crippen LogP contribution in [-0.4, -0.2) is 38.5 Å². The Morgan fingerprint density at radius 2 is 2.20 bits per heavy atom. The number of morpholine rings is 1. The Morgan fingerprint density at radius 1 is 1.50 bits per heavy atom. The number of nitrogens with zero attached hydrogens (tertiary/aromatic N) is 1. The highest BCUT2D eigenvalue weighted by Gasteiger charge is 2.33. The molecule has 1 fully saturated rings. The van der Waals surface area contributed by atoms with Gasteiger partial charge in [0.2, 0.25) is 10.0 Å². The summed E-state index contributed by atoms with van der Waals surface area (Å²) in [6, 6.07) is 2.86. The molecule has 1 aromatic rings. The normalized spacial score (nSPS) is 21.1. The summed E-state index contributed by atoms with van der Waals surface area (Å²) in [5, 5.41) is 0.401.